The fraction of sp³-hybridized carbons (Fsp3) is 0.538. The van der Waals surface area contributed by atoms with Gasteiger partial charge in [-0.15, -0.1) is 0 Å². The molecular weight excluding hydrogens is 216 g/mol. The summed E-state index contributed by atoms with van der Waals surface area (Å²) in [5.74, 6) is 0. The Morgan fingerprint density at radius 1 is 1.24 bits per heavy atom. The average molecular weight is 236 g/mol. The molecule has 0 saturated heterocycles. The first-order chi connectivity index (χ1) is 8.19. The number of anilines is 1. The van der Waals surface area contributed by atoms with Crippen LogP contribution < -0.4 is 5.32 Å². The van der Waals surface area contributed by atoms with Crippen molar-refractivity contribution in [2.75, 3.05) is 5.32 Å². The topological polar surface area (TPSA) is 55.2 Å². The van der Waals surface area contributed by atoms with Crippen LogP contribution in [0.2, 0.25) is 0 Å². The Hall–Kier alpha value is -1.58. The third kappa shape index (κ3) is 4.06. The largest absolute Gasteiger partial charge is 0.377 e. The highest BCUT2D eigenvalue weighted by atomic mass is 16.6. The molecule has 0 aliphatic carbocycles. The summed E-state index contributed by atoms with van der Waals surface area (Å²) in [6, 6.07) is 7.15. The van der Waals surface area contributed by atoms with Crippen molar-refractivity contribution in [1.29, 1.82) is 0 Å². The van der Waals surface area contributed by atoms with Crippen LogP contribution in [0.3, 0.4) is 0 Å². The summed E-state index contributed by atoms with van der Waals surface area (Å²) in [6.07, 6.45) is 4.25. The van der Waals surface area contributed by atoms with E-state index in [-0.39, 0.29) is 10.6 Å². The monoisotopic (exact) mass is 236 g/mol. The maximum Gasteiger partial charge on any atom is 0.292 e. The fourth-order valence-corrected chi connectivity index (χ4v) is 1.96. The van der Waals surface area contributed by atoms with Gasteiger partial charge in [-0.05, 0) is 18.9 Å². The standard InChI is InChI=1S/C13H20N2O2/c1-3-7-11(8-4-2)14-12-9-5-6-10-13(12)15(16)17/h5-6,9-11,14H,3-4,7-8H2,1-2H3. The lowest BCUT2D eigenvalue weighted by Gasteiger charge is -2.18. The van der Waals surface area contributed by atoms with Crippen LogP contribution in [0, 0.1) is 10.1 Å². The summed E-state index contributed by atoms with van der Waals surface area (Å²) in [5.41, 5.74) is 0.786. The first-order valence-electron chi connectivity index (χ1n) is 6.19. The van der Waals surface area contributed by atoms with Gasteiger partial charge in [-0.25, -0.2) is 0 Å². The highest BCUT2D eigenvalue weighted by molar-refractivity contribution is 5.61. The minimum atomic E-state index is -0.336. The zero-order valence-electron chi connectivity index (χ0n) is 10.5. The lowest BCUT2D eigenvalue weighted by atomic mass is 10.1. The van der Waals surface area contributed by atoms with Gasteiger partial charge in [0.1, 0.15) is 5.69 Å². The highest BCUT2D eigenvalue weighted by Gasteiger charge is 2.15. The summed E-state index contributed by atoms with van der Waals surface area (Å²) >= 11 is 0. The second kappa shape index (κ2) is 6.89. The molecule has 1 aromatic carbocycles. The Labute approximate surface area is 102 Å². The zero-order valence-corrected chi connectivity index (χ0v) is 10.5. The van der Waals surface area contributed by atoms with Crippen molar-refractivity contribution in [3.05, 3.63) is 34.4 Å². The van der Waals surface area contributed by atoms with Crippen molar-refractivity contribution in [2.45, 2.75) is 45.6 Å². The van der Waals surface area contributed by atoms with Gasteiger partial charge in [0, 0.05) is 12.1 Å². The van der Waals surface area contributed by atoms with Crippen molar-refractivity contribution in [3.8, 4) is 0 Å². The maximum atomic E-state index is 10.9. The molecule has 0 bridgehead atoms. The van der Waals surface area contributed by atoms with Crippen LogP contribution in [0.15, 0.2) is 24.3 Å². The Morgan fingerprint density at radius 2 is 1.82 bits per heavy atom. The molecular formula is C13H20N2O2. The third-order valence-electron chi connectivity index (χ3n) is 2.73. The summed E-state index contributed by atoms with van der Waals surface area (Å²) in [6.45, 7) is 4.26. The molecule has 0 spiro atoms. The molecule has 0 amide bonds. The van der Waals surface area contributed by atoms with Crippen molar-refractivity contribution in [2.24, 2.45) is 0 Å². The molecule has 0 atom stereocenters. The lowest BCUT2D eigenvalue weighted by molar-refractivity contribution is -0.384. The summed E-state index contributed by atoms with van der Waals surface area (Å²) in [5, 5.41) is 14.2. The molecule has 1 N–H and O–H groups in total. The SMILES string of the molecule is CCCC(CCC)Nc1ccccc1[N+](=O)[O-]. The van der Waals surface area contributed by atoms with E-state index < -0.39 is 0 Å². The van der Waals surface area contributed by atoms with Gasteiger partial charge in [0.25, 0.3) is 5.69 Å². The molecule has 0 unspecified atom stereocenters. The van der Waals surface area contributed by atoms with Gasteiger partial charge in [0.2, 0.25) is 0 Å². The fourth-order valence-electron chi connectivity index (χ4n) is 1.96. The number of nitrogens with zero attached hydrogens (tertiary/aromatic N) is 1. The Bertz CT molecular complexity index is 360. The molecule has 0 aromatic heterocycles. The van der Waals surface area contributed by atoms with Crippen molar-refractivity contribution < 1.29 is 4.92 Å². The number of para-hydroxylation sites is 2. The molecule has 4 nitrogen and oxygen atoms in total. The first-order valence-corrected chi connectivity index (χ1v) is 6.19. The molecule has 1 rings (SSSR count). The lowest BCUT2D eigenvalue weighted by Crippen LogP contribution is -2.19. The van der Waals surface area contributed by atoms with E-state index in [1.54, 1.807) is 12.1 Å². The van der Waals surface area contributed by atoms with Crippen LogP contribution in [0.5, 0.6) is 0 Å². The summed E-state index contributed by atoms with van der Waals surface area (Å²) < 4.78 is 0. The number of benzene rings is 1. The molecule has 4 heteroatoms. The predicted octanol–water partition coefficient (Wildman–Crippen LogP) is 3.98. The van der Waals surface area contributed by atoms with Crippen LogP contribution >= 0.6 is 0 Å². The molecule has 0 aliphatic rings. The van der Waals surface area contributed by atoms with Crippen molar-refractivity contribution in [1.82, 2.24) is 0 Å². The highest BCUT2D eigenvalue weighted by Crippen LogP contribution is 2.25. The number of nitrogens with one attached hydrogen (secondary N) is 1. The van der Waals surface area contributed by atoms with Gasteiger partial charge in [-0.1, -0.05) is 38.8 Å². The molecule has 0 aliphatic heterocycles. The van der Waals surface area contributed by atoms with Crippen LogP contribution in [-0.2, 0) is 0 Å². The van der Waals surface area contributed by atoms with Gasteiger partial charge in [0.15, 0.2) is 0 Å². The Balaban J connectivity index is 2.80. The van der Waals surface area contributed by atoms with Crippen molar-refractivity contribution in [3.63, 3.8) is 0 Å². The molecule has 94 valence electrons. The molecule has 0 saturated carbocycles. The number of nitro benzene ring substituents is 1. The van der Waals surface area contributed by atoms with Gasteiger partial charge in [-0.2, -0.15) is 0 Å². The van der Waals surface area contributed by atoms with E-state index >= 15 is 0 Å². The van der Waals surface area contributed by atoms with E-state index in [0.717, 1.165) is 25.7 Å². The molecule has 0 fully saturated rings. The first kappa shape index (κ1) is 13.5. The molecule has 0 heterocycles. The smallest absolute Gasteiger partial charge is 0.292 e. The average Bonchev–Trinajstić information content (AvgIpc) is 2.30. The van der Waals surface area contributed by atoms with Gasteiger partial charge in [0.05, 0.1) is 4.92 Å². The molecule has 1 aromatic rings. The van der Waals surface area contributed by atoms with Crippen LogP contribution in [0.25, 0.3) is 0 Å². The van der Waals surface area contributed by atoms with Crippen LogP contribution in [0.1, 0.15) is 39.5 Å². The van der Waals surface area contributed by atoms with Gasteiger partial charge < -0.3 is 5.32 Å². The number of nitro groups is 1. The third-order valence-corrected chi connectivity index (χ3v) is 2.73. The van der Waals surface area contributed by atoms with E-state index in [0.29, 0.717) is 11.7 Å². The predicted molar refractivity (Wildman–Crippen MR) is 70.3 cm³/mol. The van der Waals surface area contributed by atoms with E-state index in [2.05, 4.69) is 19.2 Å². The number of hydrogen-bond donors (Lipinski definition) is 1. The zero-order chi connectivity index (χ0) is 12.7. The number of hydrogen-bond acceptors (Lipinski definition) is 3. The minimum Gasteiger partial charge on any atom is -0.377 e. The normalized spacial score (nSPS) is 10.5. The van der Waals surface area contributed by atoms with Crippen LogP contribution in [0.4, 0.5) is 11.4 Å². The minimum absolute atomic E-state index is 0.157. The van der Waals surface area contributed by atoms with Gasteiger partial charge >= 0.3 is 0 Å². The quantitative estimate of drug-likeness (QED) is 0.575. The summed E-state index contributed by atoms with van der Waals surface area (Å²) in [4.78, 5) is 10.5. The molecule has 17 heavy (non-hydrogen) atoms. The second-order valence-electron chi connectivity index (χ2n) is 4.19. The van der Waals surface area contributed by atoms with E-state index in [1.165, 1.54) is 6.07 Å². The van der Waals surface area contributed by atoms with E-state index in [1.807, 2.05) is 6.07 Å². The Kier molecular flexibility index (Phi) is 5.46. The van der Waals surface area contributed by atoms with E-state index in [4.69, 9.17) is 0 Å². The van der Waals surface area contributed by atoms with Crippen LogP contribution in [-0.4, -0.2) is 11.0 Å². The maximum absolute atomic E-state index is 10.9. The number of rotatable bonds is 7. The molecule has 0 radical (unpaired) electrons. The van der Waals surface area contributed by atoms with E-state index in [9.17, 15) is 10.1 Å². The van der Waals surface area contributed by atoms with Gasteiger partial charge in [-0.3, -0.25) is 10.1 Å². The second-order valence-corrected chi connectivity index (χ2v) is 4.19. The Morgan fingerprint density at radius 3 is 2.35 bits per heavy atom. The van der Waals surface area contributed by atoms with Crippen molar-refractivity contribution >= 4 is 11.4 Å². The summed E-state index contributed by atoms with van der Waals surface area (Å²) in [7, 11) is 0.